The zero-order chi connectivity index (χ0) is 30.3. The second kappa shape index (κ2) is 14.4. The van der Waals surface area contributed by atoms with Crippen LogP contribution in [0.1, 0.15) is 151 Å². The van der Waals surface area contributed by atoms with Crippen LogP contribution < -0.4 is 5.32 Å². The molecule has 3 fully saturated rings. The van der Waals surface area contributed by atoms with Gasteiger partial charge in [-0.2, -0.15) is 0 Å². The van der Waals surface area contributed by atoms with Gasteiger partial charge in [0.05, 0.1) is 17.0 Å². The molecule has 6 nitrogen and oxygen atoms in total. The smallest absolute Gasteiger partial charge is 0.228 e. The van der Waals surface area contributed by atoms with E-state index < -0.39 is 11.1 Å². The van der Waals surface area contributed by atoms with Crippen molar-refractivity contribution in [2.75, 3.05) is 0 Å². The van der Waals surface area contributed by atoms with E-state index in [1.54, 1.807) is 24.3 Å². The maximum atomic E-state index is 14.8. The Morgan fingerprint density at radius 3 is 2.10 bits per heavy atom. The Labute approximate surface area is 253 Å². The maximum absolute atomic E-state index is 14.8. The predicted octanol–water partition coefficient (Wildman–Crippen LogP) is 7.48. The molecule has 1 aliphatic heterocycles. The van der Waals surface area contributed by atoms with Crippen molar-refractivity contribution in [3.8, 4) is 0 Å². The van der Waals surface area contributed by atoms with Gasteiger partial charge in [0.25, 0.3) is 0 Å². The van der Waals surface area contributed by atoms with Gasteiger partial charge < -0.3 is 10.2 Å². The van der Waals surface area contributed by atoms with Crippen molar-refractivity contribution in [2.24, 2.45) is 11.8 Å². The summed E-state index contributed by atoms with van der Waals surface area (Å²) >= 11 is 0. The third-order valence-corrected chi connectivity index (χ3v) is 11.0. The summed E-state index contributed by atoms with van der Waals surface area (Å²) < 4.78 is 0. The minimum Gasteiger partial charge on any atom is -0.326 e. The van der Waals surface area contributed by atoms with Crippen LogP contribution in [0.2, 0.25) is 0 Å². The second-order valence-corrected chi connectivity index (χ2v) is 13.5. The fraction of sp³-hybridized carbons (Fsp3) is 0.722. The number of nitrogens with zero attached hydrogens (tertiary/aromatic N) is 1. The summed E-state index contributed by atoms with van der Waals surface area (Å²) in [7, 11) is 0. The molecule has 2 unspecified atom stereocenters. The van der Waals surface area contributed by atoms with E-state index in [1.807, 2.05) is 11.8 Å². The monoisotopic (exact) mass is 578 g/mol. The van der Waals surface area contributed by atoms with Gasteiger partial charge in [-0.05, 0) is 51.9 Å². The standard InChI is InChI=1S/C36H54N2O4/c1-5-24-36(7-3,32(40)27-22-20-26(25-39)21-23-27)37-30-18-14-10-8-12-16-28(30)33(41)35(4,6-2)38-31-19-15-11-9-13-17-29(31)34(38)42/h20-23,25,28-31,37H,5-19,24H2,1-4H3/t28-,29-,30+,31+,35?,36?/m1/s1. The Balaban J connectivity index is 1.65. The van der Waals surface area contributed by atoms with Crippen LogP contribution in [-0.4, -0.2) is 51.8 Å². The van der Waals surface area contributed by atoms with Crippen molar-refractivity contribution >= 4 is 23.8 Å². The normalized spacial score (nSPS) is 28.0. The molecule has 0 aromatic heterocycles. The first-order valence-electron chi connectivity index (χ1n) is 17.0. The Morgan fingerprint density at radius 1 is 0.881 bits per heavy atom. The largest absolute Gasteiger partial charge is 0.326 e. The first kappa shape index (κ1) is 32.6. The molecule has 2 saturated carbocycles. The van der Waals surface area contributed by atoms with Crippen LogP contribution in [0.3, 0.4) is 0 Å². The molecule has 6 heteroatoms. The van der Waals surface area contributed by atoms with E-state index in [1.165, 1.54) is 12.8 Å². The lowest BCUT2D eigenvalue weighted by Crippen LogP contribution is -2.72. The van der Waals surface area contributed by atoms with E-state index in [9.17, 15) is 19.2 Å². The Hall–Kier alpha value is -2.34. The van der Waals surface area contributed by atoms with Crippen molar-refractivity contribution < 1.29 is 19.2 Å². The van der Waals surface area contributed by atoms with Crippen molar-refractivity contribution in [1.29, 1.82) is 0 Å². The summed E-state index contributed by atoms with van der Waals surface area (Å²) in [6.07, 6.45) is 16.0. The number of β-lactam (4-membered cyclic amide) rings is 1. The number of fused-ring (bicyclic) bond motifs is 1. The van der Waals surface area contributed by atoms with Gasteiger partial charge in [0.15, 0.2) is 11.6 Å². The molecular formula is C36H54N2O4. The van der Waals surface area contributed by atoms with E-state index >= 15 is 0 Å². The number of benzene rings is 1. The van der Waals surface area contributed by atoms with Gasteiger partial charge in [-0.15, -0.1) is 0 Å². The molecule has 2 aliphatic carbocycles. The highest BCUT2D eigenvalue weighted by atomic mass is 16.2. The minimum absolute atomic E-state index is 0.0334. The third-order valence-electron chi connectivity index (χ3n) is 11.0. The predicted molar refractivity (Wildman–Crippen MR) is 168 cm³/mol. The summed E-state index contributed by atoms with van der Waals surface area (Å²) in [5.41, 5.74) is -0.472. The summed E-state index contributed by atoms with van der Waals surface area (Å²) in [6.45, 7) is 8.25. The lowest BCUT2D eigenvalue weighted by molar-refractivity contribution is -0.176. The molecule has 1 N–H and O–H groups in total. The number of rotatable bonds is 12. The number of carbonyl (C=O) groups excluding carboxylic acids is 4. The van der Waals surface area contributed by atoms with Gasteiger partial charge in [-0.1, -0.05) is 103 Å². The van der Waals surface area contributed by atoms with Crippen molar-refractivity contribution in [2.45, 2.75) is 154 Å². The molecule has 42 heavy (non-hydrogen) atoms. The van der Waals surface area contributed by atoms with Crippen molar-refractivity contribution in [1.82, 2.24) is 10.2 Å². The third kappa shape index (κ3) is 6.44. The number of hydrogen-bond donors (Lipinski definition) is 1. The molecule has 0 bridgehead atoms. The van der Waals surface area contributed by atoms with E-state index in [0.717, 1.165) is 76.9 Å². The average molecular weight is 579 g/mol. The highest BCUT2D eigenvalue weighted by Crippen LogP contribution is 2.44. The van der Waals surface area contributed by atoms with Gasteiger partial charge in [0, 0.05) is 29.1 Å². The van der Waals surface area contributed by atoms with E-state index in [2.05, 4.69) is 26.1 Å². The number of Topliss-reactive ketones (excluding diaryl/α,β-unsaturated/α-hetero) is 2. The maximum Gasteiger partial charge on any atom is 0.228 e. The molecule has 1 heterocycles. The Bertz CT molecular complexity index is 1100. The molecule has 1 aromatic rings. The van der Waals surface area contributed by atoms with Crippen LogP contribution in [0.15, 0.2) is 24.3 Å². The molecule has 3 aliphatic rings. The fourth-order valence-electron chi connectivity index (χ4n) is 8.23. The molecule has 232 valence electrons. The minimum atomic E-state index is -0.824. The topological polar surface area (TPSA) is 83.6 Å². The van der Waals surface area contributed by atoms with E-state index in [-0.39, 0.29) is 41.4 Å². The quantitative estimate of drug-likeness (QED) is 0.158. The molecular weight excluding hydrogens is 524 g/mol. The number of amides is 1. The van der Waals surface area contributed by atoms with Crippen molar-refractivity contribution in [3.05, 3.63) is 35.4 Å². The summed E-state index contributed by atoms with van der Waals surface area (Å²) in [4.78, 5) is 55.8. The highest BCUT2D eigenvalue weighted by Gasteiger charge is 2.57. The zero-order valence-electron chi connectivity index (χ0n) is 26.6. The lowest BCUT2D eigenvalue weighted by Gasteiger charge is -2.57. The molecule has 1 saturated heterocycles. The van der Waals surface area contributed by atoms with Crippen molar-refractivity contribution in [3.63, 3.8) is 0 Å². The van der Waals surface area contributed by atoms with Gasteiger partial charge in [-0.3, -0.25) is 19.2 Å². The molecule has 0 radical (unpaired) electrons. The number of ketones is 2. The number of likely N-dealkylation sites (tertiary alicyclic amines) is 1. The van der Waals surface area contributed by atoms with Crippen LogP contribution in [-0.2, 0) is 9.59 Å². The fourth-order valence-corrected chi connectivity index (χ4v) is 8.23. The molecule has 6 atom stereocenters. The molecule has 4 rings (SSSR count). The van der Waals surface area contributed by atoms with E-state index in [0.29, 0.717) is 30.4 Å². The average Bonchev–Trinajstić information content (AvgIpc) is 2.98. The lowest BCUT2D eigenvalue weighted by atomic mass is 9.69. The van der Waals surface area contributed by atoms with E-state index in [4.69, 9.17) is 0 Å². The Morgan fingerprint density at radius 2 is 1.50 bits per heavy atom. The van der Waals surface area contributed by atoms with Gasteiger partial charge >= 0.3 is 0 Å². The van der Waals surface area contributed by atoms with Gasteiger partial charge in [-0.25, -0.2) is 0 Å². The Kier molecular flexibility index (Phi) is 11.2. The van der Waals surface area contributed by atoms with Crippen LogP contribution in [0, 0.1) is 11.8 Å². The summed E-state index contributed by atoms with van der Waals surface area (Å²) in [6, 6.07) is 6.96. The SMILES string of the molecule is CCCC(CC)(N[C@H]1CCCCCC[C@H]1C(=O)C(C)(CC)N1C(=O)[C@@H]2CCCCCC[C@@H]21)C(=O)c1ccc(C=O)cc1. The first-order valence-corrected chi connectivity index (χ1v) is 17.0. The summed E-state index contributed by atoms with van der Waals surface area (Å²) in [5, 5.41) is 3.86. The molecule has 1 aromatic carbocycles. The highest BCUT2D eigenvalue weighted by molar-refractivity contribution is 6.04. The zero-order valence-corrected chi connectivity index (χ0v) is 26.6. The first-order chi connectivity index (χ1) is 20.3. The van der Waals surface area contributed by atoms with Crippen LogP contribution in [0.5, 0.6) is 0 Å². The number of aldehydes is 1. The molecule has 0 spiro atoms. The second-order valence-electron chi connectivity index (χ2n) is 13.5. The van der Waals surface area contributed by atoms with Gasteiger partial charge in [0.2, 0.25) is 5.91 Å². The molecule has 1 amide bonds. The number of nitrogens with one attached hydrogen (secondary N) is 1. The summed E-state index contributed by atoms with van der Waals surface area (Å²) in [5.74, 6) is 0.228. The van der Waals surface area contributed by atoms with Crippen LogP contribution in [0.25, 0.3) is 0 Å². The number of carbonyl (C=O) groups is 4. The van der Waals surface area contributed by atoms with Crippen LogP contribution >= 0.6 is 0 Å². The van der Waals surface area contributed by atoms with Crippen LogP contribution in [0.4, 0.5) is 0 Å². The van der Waals surface area contributed by atoms with Gasteiger partial charge in [0.1, 0.15) is 6.29 Å². The number of hydrogen-bond acceptors (Lipinski definition) is 5.